The maximum atomic E-state index is 12.9. The first-order chi connectivity index (χ1) is 12.7. The SMILES string of the molecule is O=C(c1ccccc1)N1CCN(C(=O)c2cccc3nccnc23)CC1. The smallest absolute Gasteiger partial charge is 0.256 e. The number of rotatable bonds is 2. The number of nitrogens with zero attached hydrogens (tertiary/aromatic N) is 4. The summed E-state index contributed by atoms with van der Waals surface area (Å²) in [5, 5.41) is 0. The van der Waals surface area contributed by atoms with E-state index in [9.17, 15) is 9.59 Å². The average Bonchev–Trinajstić information content (AvgIpc) is 2.73. The van der Waals surface area contributed by atoms with Crippen molar-refractivity contribution in [2.75, 3.05) is 26.2 Å². The van der Waals surface area contributed by atoms with E-state index in [4.69, 9.17) is 0 Å². The van der Waals surface area contributed by atoms with Crippen molar-refractivity contribution in [3.05, 3.63) is 72.1 Å². The van der Waals surface area contributed by atoms with E-state index in [0.29, 0.717) is 48.3 Å². The van der Waals surface area contributed by atoms with Crippen molar-refractivity contribution in [2.24, 2.45) is 0 Å². The first kappa shape index (κ1) is 16.2. The molecule has 1 saturated heterocycles. The van der Waals surface area contributed by atoms with Gasteiger partial charge >= 0.3 is 0 Å². The van der Waals surface area contributed by atoms with Crippen molar-refractivity contribution in [2.45, 2.75) is 0 Å². The molecule has 6 heteroatoms. The molecule has 2 aromatic carbocycles. The molecule has 0 spiro atoms. The molecule has 0 N–H and O–H groups in total. The van der Waals surface area contributed by atoms with Gasteiger partial charge in [0.15, 0.2) is 0 Å². The summed E-state index contributed by atoms with van der Waals surface area (Å²) in [6.45, 7) is 2.06. The zero-order chi connectivity index (χ0) is 17.9. The minimum absolute atomic E-state index is 0.00808. The van der Waals surface area contributed by atoms with Crippen molar-refractivity contribution in [1.82, 2.24) is 19.8 Å². The number of fused-ring (bicyclic) bond motifs is 1. The van der Waals surface area contributed by atoms with Crippen LogP contribution in [0, 0.1) is 0 Å². The van der Waals surface area contributed by atoms with E-state index in [1.54, 1.807) is 28.3 Å². The standard InChI is InChI=1S/C20H18N4O2/c25-19(15-5-2-1-3-6-15)23-11-13-24(14-12-23)20(26)16-7-4-8-17-18(16)22-10-9-21-17/h1-10H,11-14H2. The predicted octanol–water partition coefficient (Wildman–Crippen LogP) is 2.23. The number of aromatic nitrogens is 2. The van der Waals surface area contributed by atoms with Crippen LogP contribution in [0.3, 0.4) is 0 Å². The third-order valence-electron chi connectivity index (χ3n) is 4.60. The fourth-order valence-corrected chi connectivity index (χ4v) is 3.21. The third-order valence-corrected chi connectivity index (χ3v) is 4.60. The van der Waals surface area contributed by atoms with E-state index in [1.807, 2.05) is 42.5 Å². The molecule has 1 aromatic heterocycles. The fourth-order valence-electron chi connectivity index (χ4n) is 3.21. The molecule has 4 rings (SSSR count). The summed E-state index contributed by atoms with van der Waals surface area (Å²) >= 11 is 0. The molecule has 0 saturated carbocycles. The van der Waals surface area contributed by atoms with E-state index >= 15 is 0 Å². The van der Waals surface area contributed by atoms with Crippen molar-refractivity contribution in [3.63, 3.8) is 0 Å². The number of piperazine rings is 1. The Bertz CT molecular complexity index is 945. The van der Waals surface area contributed by atoms with Crippen LogP contribution in [0.15, 0.2) is 60.9 Å². The van der Waals surface area contributed by atoms with E-state index in [1.165, 1.54) is 0 Å². The van der Waals surface area contributed by atoms with Crippen LogP contribution in [-0.2, 0) is 0 Å². The number of para-hydroxylation sites is 1. The normalized spacial score (nSPS) is 14.5. The monoisotopic (exact) mass is 346 g/mol. The molecular weight excluding hydrogens is 328 g/mol. The van der Waals surface area contributed by atoms with Gasteiger partial charge in [-0.05, 0) is 24.3 Å². The summed E-state index contributed by atoms with van der Waals surface area (Å²) in [6.07, 6.45) is 3.21. The van der Waals surface area contributed by atoms with Gasteiger partial charge in [0.2, 0.25) is 0 Å². The minimum Gasteiger partial charge on any atom is -0.335 e. The molecule has 0 atom stereocenters. The van der Waals surface area contributed by atoms with Gasteiger partial charge < -0.3 is 9.80 Å². The van der Waals surface area contributed by atoms with Crippen LogP contribution < -0.4 is 0 Å². The summed E-state index contributed by atoms with van der Waals surface area (Å²) in [4.78, 5) is 37.6. The second-order valence-corrected chi connectivity index (χ2v) is 6.18. The Hall–Kier alpha value is -3.28. The highest BCUT2D eigenvalue weighted by molar-refractivity contribution is 6.04. The largest absolute Gasteiger partial charge is 0.335 e. The van der Waals surface area contributed by atoms with E-state index in [-0.39, 0.29) is 11.8 Å². The molecule has 0 aliphatic carbocycles. The molecule has 0 unspecified atom stereocenters. The lowest BCUT2D eigenvalue weighted by Gasteiger charge is -2.35. The lowest BCUT2D eigenvalue weighted by Crippen LogP contribution is -2.50. The van der Waals surface area contributed by atoms with Gasteiger partial charge in [-0.1, -0.05) is 24.3 Å². The lowest BCUT2D eigenvalue weighted by molar-refractivity contribution is 0.0536. The Morgan fingerprint density at radius 2 is 1.38 bits per heavy atom. The number of benzene rings is 2. The highest BCUT2D eigenvalue weighted by Gasteiger charge is 2.26. The van der Waals surface area contributed by atoms with E-state index in [2.05, 4.69) is 9.97 Å². The minimum atomic E-state index is -0.0667. The van der Waals surface area contributed by atoms with Crippen molar-refractivity contribution < 1.29 is 9.59 Å². The van der Waals surface area contributed by atoms with Gasteiger partial charge in [-0.15, -0.1) is 0 Å². The van der Waals surface area contributed by atoms with Crippen LogP contribution in [-0.4, -0.2) is 57.8 Å². The van der Waals surface area contributed by atoms with Gasteiger partial charge in [0.25, 0.3) is 11.8 Å². The van der Waals surface area contributed by atoms with Crippen LogP contribution >= 0.6 is 0 Å². The molecule has 6 nitrogen and oxygen atoms in total. The average molecular weight is 346 g/mol. The van der Waals surface area contributed by atoms with Crippen LogP contribution in [0.5, 0.6) is 0 Å². The third kappa shape index (κ3) is 3.01. The van der Waals surface area contributed by atoms with E-state index < -0.39 is 0 Å². The summed E-state index contributed by atoms with van der Waals surface area (Å²) in [7, 11) is 0. The zero-order valence-corrected chi connectivity index (χ0v) is 14.2. The maximum absolute atomic E-state index is 12.9. The van der Waals surface area contributed by atoms with Crippen LogP contribution in [0.1, 0.15) is 20.7 Å². The Morgan fingerprint density at radius 3 is 2.12 bits per heavy atom. The Balaban J connectivity index is 1.48. The maximum Gasteiger partial charge on any atom is 0.256 e. The Kier molecular flexibility index (Phi) is 4.31. The highest BCUT2D eigenvalue weighted by Crippen LogP contribution is 2.17. The van der Waals surface area contributed by atoms with Crippen LogP contribution in [0.4, 0.5) is 0 Å². The van der Waals surface area contributed by atoms with Crippen LogP contribution in [0.25, 0.3) is 11.0 Å². The number of carbonyl (C=O) groups is 2. The first-order valence-corrected chi connectivity index (χ1v) is 8.57. The molecule has 0 bridgehead atoms. The Morgan fingerprint density at radius 1 is 0.731 bits per heavy atom. The first-order valence-electron chi connectivity index (χ1n) is 8.57. The second kappa shape index (κ2) is 6.92. The summed E-state index contributed by atoms with van der Waals surface area (Å²) in [5.74, 6) is -0.0587. The van der Waals surface area contributed by atoms with Gasteiger partial charge in [0, 0.05) is 44.1 Å². The van der Waals surface area contributed by atoms with Crippen molar-refractivity contribution >= 4 is 22.8 Å². The summed E-state index contributed by atoms with van der Waals surface area (Å²) in [6, 6.07) is 14.7. The number of amides is 2. The molecule has 1 aliphatic rings. The molecule has 1 aliphatic heterocycles. The number of hydrogen-bond acceptors (Lipinski definition) is 4. The molecular formula is C20H18N4O2. The second-order valence-electron chi connectivity index (χ2n) is 6.18. The van der Waals surface area contributed by atoms with Gasteiger partial charge in [0.1, 0.15) is 5.52 Å². The molecule has 2 heterocycles. The molecule has 26 heavy (non-hydrogen) atoms. The van der Waals surface area contributed by atoms with Gasteiger partial charge in [-0.3, -0.25) is 19.6 Å². The van der Waals surface area contributed by atoms with Crippen molar-refractivity contribution in [3.8, 4) is 0 Å². The lowest BCUT2D eigenvalue weighted by atomic mass is 10.1. The topological polar surface area (TPSA) is 66.4 Å². The molecule has 2 amide bonds. The van der Waals surface area contributed by atoms with E-state index in [0.717, 1.165) is 0 Å². The Labute approximate surface area is 151 Å². The molecule has 130 valence electrons. The quantitative estimate of drug-likeness (QED) is 0.714. The molecule has 3 aromatic rings. The molecule has 1 fully saturated rings. The molecule has 0 radical (unpaired) electrons. The zero-order valence-electron chi connectivity index (χ0n) is 14.2. The number of hydrogen-bond donors (Lipinski definition) is 0. The number of carbonyl (C=O) groups excluding carboxylic acids is 2. The van der Waals surface area contributed by atoms with Gasteiger partial charge in [-0.2, -0.15) is 0 Å². The predicted molar refractivity (Wildman–Crippen MR) is 97.8 cm³/mol. The highest BCUT2D eigenvalue weighted by atomic mass is 16.2. The summed E-state index contributed by atoms with van der Waals surface area (Å²) < 4.78 is 0. The fraction of sp³-hybridized carbons (Fsp3) is 0.200. The van der Waals surface area contributed by atoms with Crippen molar-refractivity contribution in [1.29, 1.82) is 0 Å². The van der Waals surface area contributed by atoms with Crippen LogP contribution in [0.2, 0.25) is 0 Å². The van der Waals surface area contributed by atoms with Gasteiger partial charge in [0.05, 0.1) is 11.1 Å². The van der Waals surface area contributed by atoms with Gasteiger partial charge in [-0.25, -0.2) is 0 Å². The summed E-state index contributed by atoms with van der Waals surface area (Å²) in [5.41, 5.74) is 2.55.